The lowest BCUT2D eigenvalue weighted by Gasteiger charge is -2.13. The first-order valence-corrected chi connectivity index (χ1v) is 11.3. The predicted octanol–water partition coefficient (Wildman–Crippen LogP) is 7.43. The Morgan fingerprint density at radius 3 is 2.49 bits per heavy atom. The zero-order valence-corrected chi connectivity index (χ0v) is 19.8. The number of methoxy groups -OCH3 is 1. The van der Waals surface area contributed by atoms with E-state index in [2.05, 4.69) is 31.2 Å². The molecule has 5 aromatic rings. The zero-order chi connectivity index (χ0) is 24.7. The van der Waals surface area contributed by atoms with Crippen LogP contribution in [0.3, 0.4) is 0 Å². The summed E-state index contributed by atoms with van der Waals surface area (Å²) in [5.74, 6) is 0.0594. The number of carbonyl (C=O) groups is 1. The minimum atomic E-state index is -4.56. The fourth-order valence-corrected chi connectivity index (χ4v) is 4.27. The van der Waals surface area contributed by atoms with Crippen LogP contribution in [0.2, 0.25) is 0 Å². The van der Waals surface area contributed by atoms with Gasteiger partial charge in [0.05, 0.1) is 29.4 Å². The van der Waals surface area contributed by atoms with E-state index in [4.69, 9.17) is 4.74 Å². The number of aromatic amines is 1. The zero-order valence-electron chi connectivity index (χ0n) is 18.2. The molecule has 0 saturated carbocycles. The van der Waals surface area contributed by atoms with Crippen LogP contribution in [0.25, 0.3) is 33.1 Å². The Balaban J connectivity index is 1.67. The van der Waals surface area contributed by atoms with Crippen molar-refractivity contribution in [2.75, 3.05) is 12.4 Å². The SMILES string of the molecule is COc1ccc(NC(=O)c2cc(-c3c[nH]c4ccc(Br)cc34)nc3ccc(C(F)(F)F)cc23)cc1. The number of alkyl halides is 3. The molecule has 35 heavy (non-hydrogen) atoms. The van der Waals surface area contributed by atoms with Crippen molar-refractivity contribution in [3.05, 3.63) is 88.5 Å². The number of pyridine rings is 1. The Morgan fingerprint density at radius 1 is 1.00 bits per heavy atom. The molecule has 0 bridgehead atoms. The highest BCUT2D eigenvalue weighted by atomic mass is 79.9. The van der Waals surface area contributed by atoms with Gasteiger partial charge in [0, 0.05) is 38.2 Å². The minimum Gasteiger partial charge on any atom is -0.497 e. The summed E-state index contributed by atoms with van der Waals surface area (Å²) < 4.78 is 46.3. The molecule has 0 aliphatic heterocycles. The minimum absolute atomic E-state index is 0.0799. The first-order chi connectivity index (χ1) is 16.7. The maximum Gasteiger partial charge on any atom is 0.416 e. The molecule has 2 aromatic heterocycles. The highest BCUT2D eigenvalue weighted by molar-refractivity contribution is 9.10. The smallest absolute Gasteiger partial charge is 0.416 e. The van der Waals surface area contributed by atoms with Crippen molar-refractivity contribution in [3.8, 4) is 17.0 Å². The Kier molecular flexibility index (Phi) is 5.72. The van der Waals surface area contributed by atoms with Crippen LogP contribution in [-0.2, 0) is 6.18 Å². The number of hydrogen-bond acceptors (Lipinski definition) is 3. The lowest BCUT2D eigenvalue weighted by atomic mass is 10.0. The molecule has 2 heterocycles. The van der Waals surface area contributed by atoms with Crippen molar-refractivity contribution in [1.82, 2.24) is 9.97 Å². The largest absolute Gasteiger partial charge is 0.497 e. The predicted molar refractivity (Wildman–Crippen MR) is 133 cm³/mol. The van der Waals surface area contributed by atoms with E-state index in [1.54, 1.807) is 30.5 Å². The molecule has 0 saturated heterocycles. The highest BCUT2D eigenvalue weighted by Crippen LogP contribution is 2.35. The second-order valence-corrected chi connectivity index (χ2v) is 8.78. The van der Waals surface area contributed by atoms with Crippen LogP contribution < -0.4 is 10.1 Å². The van der Waals surface area contributed by atoms with Crippen molar-refractivity contribution >= 4 is 49.3 Å². The molecule has 5 nitrogen and oxygen atoms in total. The lowest BCUT2D eigenvalue weighted by Crippen LogP contribution is -2.14. The van der Waals surface area contributed by atoms with Gasteiger partial charge in [-0.25, -0.2) is 4.98 Å². The van der Waals surface area contributed by atoms with Crippen LogP contribution in [0.5, 0.6) is 5.75 Å². The number of fused-ring (bicyclic) bond motifs is 2. The maximum absolute atomic E-state index is 13.4. The van der Waals surface area contributed by atoms with Gasteiger partial charge in [-0.2, -0.15) is 13.2 Å². The standard InChI is InChI=1S/C26H17BrF3N3O2/c1-35-17-6-4-16(5-7-17)32-25(34)20-12-24(21-13-31-22-9-3-15(27)11-19(21)22)33-23-8-2-14(10-18(20)23)26(28,29)30/h2-13,31H,1H3,(H,32,34). The number of amides is 1. The van der Waals surface area contributed by atoms with E-state index >= 15 is 0 Å². The van der Waals surface area contributed by atoms with E-state index in [1.807, 2.05) is 18.2 Å². The first kappa shape index (κ1) is 22.9. The number of hydrogen-bond donors (Lipinski definition) is 2. The second-order valence-electron chi connectivity index (χ2n) is 7.86. The van der Waals surface area contributed by atoms with Gasteiger partial charge in [-0.15, -0.1) is 0 Å². The molecule has 3 aromatic carbocycles. The van der Waals surface area contributed by atoms with Crippen molar-refractivity contribution in [3.63, 3.8) is 0 Å². The lowest BCUT2D eigenvalue weighted by molar-refractivity contribution is -0.137. The quantitative estimate of drug-likeness (QED) is 0.249. The van der Waals surface area contributed by atoms with Crippen LogP contribution in [0.15, 0.2) is 77.4 Å². The van der Waals surface area contributed by atoms with Gasteiger partial charge in [0.1, 0.15) is 5.75 Å². The number of carbonyl (C=O) groups excluding carboxylic acids is 1. The molecule has 1 amide bonds. The van der Waals surface area contributed by atoms with Crippen LogP contribution in [-0.4, -0.2) is 23.0 Å². The summed E-state index contributed by atoms with van der Waals surface area (Å²) in [4.78, 5) is 21.1. The average Bonchev–Trinajstić information content (AvgIpc) is 3.26. The molecular weight excluding hydrogens is 523 g/mol. The summed E-state index contributed by atoms with van der Waals surface area (Å²) in [6.45, 7) is 0. The number of rotatable bonds is 4. The van der Waals surface area contributed by atoms with E-state index < -0.39 is 17.6 Å². The number of benzene rings is 3. The summed E-state index contributed by atoms with van der Waals surface area (Å²) in [5.41, 5.74) is 2.03. The van der Waals surface area contributed by atoms with Gasteiger partial charge >= 0.3 is 6.18 Å². The third kappa shape index (κ3) is 4.46. The Morgan fingerprint density at radius 2 is 1.77 bits per heavy atom. The molecule has 0 atom stereocenters. The Hall–Kier alpha value is -3.85. The monoisotopic (exact) mass is 539 g/mol. The van der Waals surface area contributed by atoms with Crippen LogP contribution >= 0.6 is 15.9 Å². The summed E-state index contributed by atoms with van der Waals surface area (Å²) >= 11 is 3.46. The molecule has 0 radical (unpaired) electrons. The molecule has 0 aliphatic carbocycles. The van der Waals surface area contributed by atoms with Crippen molar-refractivity contribution < 1.29 is 22.7 Å². The van der Waals surface area contributed by atoms with E-state index in [0.717, 1.165) is 33.1 Å². The van der Waals surface area contributed by atoms with E-state index in [1.165, 1.54) is 19.2 Å². The van der Waals surface area contributed by atoms with E-state index in [0.29, 0.717) is 17.1 Å². The summed E-state index contributed by atoms with van der Waals surface area (Å²) in [6.07, 6.45) is -2.79. The van der Waals surface area contributed by atoms with Gasteiger partial charge in [-0.3, -0.25) is 4.79 Å². The molecule has 9 heteroatoms. The molecule has 0 aliphatic rings. The van der Waals surface area contributed by atoms with Gasteiger partial charge < -0.3 is 15.0 Å². The van der Waals surface area contributed by atoms with Crippen LogP contribution in [0, 0.1) is 0 Å². The molecule has 2 N–H and O–H groups in total. The normalized spacial score (nSPS) is 11.7. The van der Waals surface area contributed by atoms with Gasteiger partial charge in [0.2, 0.25) is 0 Å². The van der Waals surface area contributed by atoms with Crippen LogP contribution in [0.1, 0.15) is 15.9 Å². The van der Waals surface area contributed by atoms with Crippen molar-refractivity contribution in [2.24, 2.45) is 0 Å². The average molecular weight is 540 g/mol. The summed E-state index contributed by atoms with van der Waals surface area (Å²) in [5, 5.41) is 3.73. The number of anilines is 1. The fraction of sp³-hybridized carbons (Fsp3) is 0.0769. The molecular formula is C26H17BrF3N3O2. The second kappa shape index (κ2) is 8.74. The number of nitrogens with one attached hydrogen (secondary N) is 2. The van der Waals surface area contributed by atoms with Gasteiger partial charge in [-0.05, 0) is 66.7 Å². The van der Waals surface area contributed by atoms with Gasteiger partial charge in [0.15, 0.2) is 0 Å². The van der Waals surface area contributed by atoms with Crippen LogP contribution in [0.4, 0.5) is 18.9 Å². The molecule has 5 rings (SSSR count). The molecule has 0 unspecified atom stereocenters. The van der Waals surface area contributed by atoms with Gasteiger partial charge in [-0.1, -0.05) is 15.9 Å². The third-order valence-electron chi connectivity index (χ3n) is 5.65. The Labute approximate surface area is 206 Å². The molecule has 176 valence electrons. The van der Waals surface area contributed by atoms with E-state index in [-0.39, 0.29) is 16.5 Å². The summed E-state index contributed by atoms with van der Waals surface area (Å²) in [6, 6.07) is 17.1. The maximum atomic E-state index is 13.4. The highest BCUT2D eigenvalue weighted by Gasteiger charge is 2.31. The topological polar surface area (TPSA) is 67.0 Å². The molecule has 0 fully saturated rings. The first-order valence-electron chi connectivity index (χ1n) is 10.5. The van der Waals surface area contributed by atoms with E-state index in [9.17, 15) is 18.0 Å². The summed E-state index contributed by atoms with van der Waals surface area (Å²) in [7, 11) is 1.53. The van der Waals surface area contributed by atoms with Gasteiger partial charge in [0.25, 0.3) is 5.91 Å². The molecule has 0 spiro atoms. The number of aromatic nitrogens is 2. The number of halogens is 4. The van der Waals surface area contributed by atoms with Crippen molar-refractivity contribution in [1.29, 1.82) is 0 Å². The fourth-order valence-electron chi connectivity index (χ4n) is 3.91. The number of H-pyrrole nitrogens is 1. The number of nitrogens with zero attached hydrogens (tertiary/aromatic N) is 1. The van der Waals surface area contributed by atoms with Crippen molar-refractivity contribution in [2.45, 2.75) is 6.18 Å². The number of ether oxygens (including phenoxy) is 1. The third-order valence-corrected chi connectivity index (χ3v) is 6.14. The Bertz CT molecular complexity index is 1580.